The summed E-state index contributed by atoms with van der Waals surface area (Å²) in [5.41, 5.74) is 2.36. The zero-order valence-electron chi connectivity index (χ0n) is 16.5. The molecule has 0 amide bonds. The van der Waals surface area contributed by atoms with Gasteiger partial charge in [0.2, 0.25) is 0 Å². The van der Waals surface area contributed by atoms with Crippen molar-refractivity contribution in [3.8, 4) is 0 Å². The van der Waals surface area contributed by atoms with Gasteiger partial charge in [0.25, 0.3) is 0 Å². The third-order valence-electron chi connectivity index (χ3n) is 5.52. The first kappa shape index (κ1) is 20.5. The molecule has 0 radical (unpaired) electrons. The fraction of sp³-hybridized carbons (Fsp3) is 0.435. The Balaban J connectivity index is 1.42. The molecule has 1 unspecified atom stereocenters. The van der Waals surface area contributed by atoms with E-state index < -0.39 is 12.1 Å². The number of hydrogen-bond donors (Lipinski definition) is 2. The van der Waals surface area contributed by atoms with Crippen LogP contribution in [0.5, 0.6) is 0 Å². The lowest BCUT2D eigenvalue weighted by molar-refractivity contribution is 0.0696. The van der Waals surface area contributed by atoms with Crippen LogP contribution in [0.15, 0.2) is 54.6 Å². The third-order valence-corrected chi connectivity index (χ3v) is 5.52. The fourth-order valence-corrected chi connectivity index (χ4v) is 4.00. The summed E-state index contributed by atoms with van der Waals surface area (Å²) in [4.78, 5) is 15.7. The van der Waals surface area contributed by atoms with Crippen LogP contribution in [0.25, 0.3) is 0 Å². The number of aliphatic hydroxyl groups excluding tert-OH is 1. The second-order valence-corrected chi connectivity index (χ2v) is 7.87. The average molecular weight is 383 g/mol. The summed E-state index contributed by atoms with van der Waals surface area (Å²) >= 11 is 0. The van der Waals surface area contributed by atoms with E-state index >= 15 is 0 Å². The Bertz CT molecular complexity index is 757. The summed E-state index contributed by atoms with van der Waals surface area (Å²) in [6.07, 6.45) is 1.82. The summed E-state index contributed by atoms with van der Waals surface area (Å²) < 4.78 is 0. The summed E-state index contributed by atoms with van der Waals surface area (Å²) in [5.74, 6) is -0.243. The van der Waals surface area contributed by atoms with Crippen LogP contribution in [-0.4, -0.2) is 59.2 Å². The first-order chi connectivity index (χ1) is 13.5. The number of hydrogen-bond acceptors (Lipinski definition) is 4. The molecule has 1 aliphatic heterocycles. The summed E-state index contributed by atoms with van der Waals surface area (Å²) in [6.45, 7) is 4.47. The minimum atomic E-state index is -0.880. The molecule has 5 nitrogen and oxygen atoms in total. The molecule has 1 aliphatic rings. The number of likely N-dealkylation sites (tertiary alicyclic amines) is 1. The lowest BCUT2D eigenvalue weighted by Crippen LogP contribution is -2.39. The minimum absolute atomic E-state index is 0.344. The summed E-state index contributed by atoms with van der Waals surface area (Å²) in [7, 11) is 2.10. The van der Waals surface area contributed by atoms with E-state index in [2.05, 4.69) is 16.8 Å². The molecule has 0 spiro atoms. The van der Waals surface area contributed by atoms with Gasteiger partial charge in [-0.2, -0.15) is 0 Å². The van der Waals surface area contributed by atoms with E-state index in [-0.39, 0.29) is 0 Å². The van der Waals surface area contributed by atoms with Crippen molar-refractivity contribution in [3.63, 3.8) is 0 Å². The van der Waals surface area contributed by atoms with Crippen LogP contribution in [0.2, 0.25) is 0 Å². The van der Waals surface area contributed by atoms with E-state index in [0.717, 1.165) is 50.1 Å². The van der Waals surface area contributed by atoms with Gasteiger partial charge in [0, 0.05) is 19.6 Å². The van der Waals surface area contributed by atoms with Crippen molar-refractivity contribution in [2.45, 2.75) is 25.5 Å². The van der Waals surface area contributed by atoms with Gasteiger partial charge in [-0.1, -0.05) is 42.5 Å². The minimum Gasteiger partial charge on any atom is -0.478 e. The topological polar surface area (TPSA) is 64.0 Å². The normalized spacial score (nSPS) is 17.0. The molecular weight excluding hydrogens is 352 g/mol. The number of rotatable bonds is 8. The maximum Gasteiger partial charge on any atom is 0.335 e. The summed E-state index contributed by atoms with van der Waals surface area (Å²) in [6, 6.07) is 17.0. The molecule has 150 valence electrons. The number of benzene rings is 2. The molecular formula is C23H30N2O3. The lowest BCUT2D eigenvalue weighted by atomic mass is 9.95. The van der Waals surface area contributed by atoms with Crippen molar-refractivity contribution in [1.29, 1.82) is 0 Å². The Morgan fingerprint density at radius 2 is 1.86 bits per heavy atom. The van der Waals surface area contributed by atoms with Crippen molar-refractivity contribution in [1.82, 2.24) is 9.80 Å². The molecule has 1 atom stereocenters. The number of β-amino-alcohol motifs (C(OH)–C–C–N with tert-alkyl or cyclic N) is 1. The second kappa shape index (κ2) is 9.82. The number of carboxylic acid groups (broad SMARTS) is 1. The lowest BCUT2D eigenvalue weighted by Gasteiger charge is -2.35. The molecule has 0 saturated carbocycles. The Hall–Kier alpha value is -2.21. The van der Waals surface area contributed by atoms with Gasteiger partial charge in [-0.05, 0) is 62.2 Å². The van der Waals surface area contributed by atoms with Crippen molar-refractivity contribution < 1.29 is 15.0 Å². The van der Waals surface area contributed by atoms with Crippen molar-refractivity contribution in [2.24, 2.45) is 5.92 Å². The maximum atomic E-state index is 11.1. The monoisotopic (exact) mass is 382 g/mol. The van der Waals surface area contributed by atoms with Crippen LogP contribution >= 0.6 is 0 Å². The van der Waals surface area contributed by atoms with E-state index in [0.29, 0.717) is 18.0 Å². The first-order valence-electron chi connectivity index (χ1n) is 9.97. The van der Waals surface area contributed by atoms with Crippen LogP contribution < -0.4 is 0 Å². The molecule has 1 saturated heterocycles. The molecule has 2 aromatic carbocycles. The number of carbonyl (C=O) groups is 1. The highest BCUT2D eigenvalue weighted by molar-refractivity contribution is 5.87. The van der Waals surface area contributed by atoms with E-state index in [9.17, 15) is 9.90 Å². The van der Waals surface area contributed by atoms with Gasteiger partial charge in [0.15, 0.2) is 0 Å². The standard InChI is InChI=1S/C23H30N2O3/c1-24(16-19-6-5-9-21(14-19)23(27)28)15-18-10-12-25(13-11-18)17-22(26)20-7-3-2-4-8-20/h2-9,14,18,22,26H,10-13,15-17H2,1H3,(H,27,28). The number of aromatic carboxylic acids is 1. The predicted octanol–water partition coefficient (Wildman–Crippen LogP) is 3.26. The van der Waals surface area contributed by atoms with E-state index in [4.69, 9.17) is 5.11 Å². The fourth-order valence-electron chi connectivity index (χ4n) is 4.00. The van der Waals surface area contributed by atoms with Gasteiger partial charge >= 0.3 is 5.97 Å². The Kier molecular flexibility index (Phi) is 7.20. The quantitative estimate of drug-likeness (QED) is 0.734. The highest BCUT2D eigenvalue weighted by atomic mass is 16.4. The van der Waals surface area contributed by atoms with Gasteiger partial charge < -0.3 is 20.0 Å². The Morgan fingerprint density at radius 1 is 1.14 bits per heavy atom. The molecule has 28 heavy (non-hydrogen) atoms. The molecule has 2 N–H and O–H groups in total. The van der Waals surface area contributed by atoms with Gasteiger partial charge in [-0.15, -0.1) is 0 Å². The van der Waals surface area contributed by atoms with Crippen LogP contribution in [0, 0.1) is 5.92 Å². The maximum absolute atomic E-state index is 11.1. The molecule has 0 aromatic heterocycles. The van der Waals surface area contributed by atoms with E-state index in [1.807, 2.05) is 42.5 Å². The Labute approximate surface area is 167 Å². The zero-order valence-corrected chi connectivity index (χ0v) is 16.5. The second-order valence-electron chi connectivity index (χ2n) is 7.87. The van der Waals surface area contributed by atoms with Crippen LogP contribution in [0.1, 0.15) is 40.4 Å². The van der Waals surface area contributed by atoms with Gasteiger partial charge in [-0.3, -0.25) is 0 Å². The molecule has 0 aliphatic carbocycles. The highest BCUT2D eigenvalue weighted by Crippen LogP contribution is 2.22. The molecule has 0 bridgehead atoms. The predicted molar refractivity (Wildman–Crippen MR) is 110 cm³/mol. The molecule has 1 heterocycles. The Morgan fingerprint density at radius 3 is 2.54 bits per heavy atom. The van der Waals surface area contributed by atoms with Crippen LogP contribution in [0.4, 0.5) is 0 Å². The molecule has 2 aromatic rings. The van der Waals surface area contributed by atoms with Crippen molar-refractivity contribution in [2.75, 3.05) is 33.2 Å². The summed E-state index contributed by atoms with van der Waals surface area (Å²) in [5, 5.41) is 19.5. The number of carboxylic acids is 1. The largest absolute Gasteiger partial charge is 0.478 e. The number of nitrogens with zero attached hydrogens (tertiary/aromatic N) is 2. The molecule has 5 heteroatoms. The van der Waals surface area contributed by atoms with Gasteiger partial charge in [0.05, 0.1) is 11.7 Å². The molecule has 1 fully saturated rings. The first-order valence-corrected chi connectivity index (χ1v) is 9.97. The van der Waals surface area contributed by atoms with E-state index in [1.165, 1.54) is 0 Å². The number of aliphatic hydroxyl groups is 1. The smallest absolute Gasteiger partial charge is 0.335 e. The van der Waals surface area contributed by atoms with Gasteiger partial charge in [-0.25, -0.2) is 4.79 Å². The van der Waals surface area contributed by atoms with Crippen molar-refractivity contribution >= 4 is 5.97 Å². The zero-order chi connectivity index (χ0) is 19.9. The van der Waals surface area contributed by atoms with Crippen molar-refractivity contribution in [3.05, 3.63) is 71.3 Å². The van der Waals surface area contributed by atoms with Crippen LogP contribution in [0.3, 0.4) is 0 Å². The SMILES string of the molecule is CN(Cc1cccc(C(=O)O)c1)CC1CCN(CC(O)c2ccccc2)CC1. The van der Waals surface area contributed by atoms with Gasteiger partial charge in [0.1, 0.15) is 0 Å². The van der Waals surface area contributed by atoms with E-state index in [1.54, 1.807) is 12.1 Å². The van der Waals surface area contributed by atoms with Crippen LogP contribution in [-0.2, 0) is 6.54 Å². The highest BCUT2D eigenvalue weighted by Gasteiger charge is 2.22. The average Bonchev–Trinajstić information content (AvgIpc) is 2.70. The third kappa shape index (κ3) is 5.89. The molecule has 3 rings (SSSR count). The number of piperidine rings is 1.